The van der Waals surface area contributed by atoms with Crippen LogP contribution in [0.5, 0.6) is 0 Å². The second-order valence-electron chi connectivity index (χ2n) is 5.55. The smallest absolute Gasteiger partial charge is 0.252 e. The standard InChI is InChI=1S/C15H19N3O2S/c1-11-3-5-12(6-4-11)21-8-13-17-14(20-18-13)7-19-15(2)9-16-10-15/h3-6,16H,7-10H2,1-2H3. The van der Waals surface area contributed by atoms with E-state index in [9.17, 15) is 0 Å². The fourth-order valence-corrected chi connectivity index (χ4v) is 2.75. The molecule has 0 saturated carbocycles. The number of ether oxygens (including phenoxy) is 1. The number of hydrogen-bond donors (Lipinski definition) is 1. The van der Waals surface area contributed by atoms with Gasteiger partial charge in [0.25, 0.3) is 5.89 Å². The number of hydrogen-bond acceptors (Lipinski definition) is 6. The van der Waals surface area contributed by atoms with E-state index >= 15 is 0 Å². The van der Waals surface area contributed by atoms with Gasteiger partial charge in [-0.25, -0.2) is 0 Å². The molecule has 0 unspecified atom stereocenters. The van der Waals surface area contributed by atoms with Gasteiger partial charge < -0.3 is 14.6 Å². The lowest BCUT2D eigenvalue weighted by Crippen LogP contribution is -2.58. The molecule has 21 heavy (non-hydrogen) atoms. The van der Waals surface area contributed by atoms with Crippen LogP contribution >= 0.6 is 11.8 Å². The Morgan fingerprint density at radius 2 is 2.10 bits per heavy atom. The number of benzene rings is 1. The van der Waals surface area contributed by atoms with E-state index in [1.165, 1.54) is 10.5 Å². The van der Waals surface area contributed by atoms with Gasteiger partial charge in [-0.15, -0.1) is 11.8 Å². The van der Waals surface area contributed by atoms with E-state index in [1.807, 2.05) is 0 Å². The van der Waals surface area contributed by atoms with Crippen LogP contribution in [0.1, 0.15) is 24.2 Å². The Morgan fingerprint density at radius 1 is 1.33 bits per heavy atom. The minimum absolute atomic E-state index is 0.0920. The van der Waals surface area contributed by atoms with Crippen molar-refractivity contribution >= 4 is 11.8 Å². The predicted molar refractivity (Wildman–Crippen MR) is 81.1 cm³/mol. The van der Waals surface area contributed by atoms with Crippen LogP contribution in [0.4, 0.5) is 0 Å². The Hall–Kier alpha value is -1.37. The molecule has 5 nitrogen and oxygen atoms in total. The van der Waals surface area contributed by atoms with Crippen LogP contribution in [0, 0.1) is 6.92 Å². The normalized spacial score (nSPS) is 16.7. The fraction of sp³-hybridized carbons (Fsp3) is 0.467. The summed E-state index contributed by atoms with van der Waals surface area (Å²) in [5.74, 6) is 1.95. The van der Waals surface area contributed by atoms with Crippen LogP contribution in [0.2, 0.25) is 0 Å². The van der Waals surface area contributed by atoms with Crippen molar-refractivity contribution < 1.29 is 9.26 Å². The summed E-state index contributed by atoms with van der Waals surface area (Å²) in [5, 5.41) is 7.18. The lowest BCUT2D eigenvalue weighted by molar-refractivity contribution is -0.0841. The highest BCUT2D eigenvalue weighted by atomic mass is 32.2. The van der Waals surface area contributed by atoms with Crippen molar-refractivity contribution in [3.8, 4) is 0 Å². The maximum atomic E-state index is 5.78. The van der Waals surface area contributed by atoms with Gasteiger partial charge in [0.2, 0.25) is 0 Å². The highest BCUT2D eigenvalue weighted by Crippen LogP contribution is 2.22. The largest absolute Gasteiger partial charge is 0.363 e. The molecular formula is C15H19N3O2S. The minimum atomic E-state index is -0.0920. The summed E-state index contributed by atoms with van der Waals surface area (Å²) in [5.41, 5.74) is 1.17. The molecule has 1 N–H and O–H groups in total. The van der Waals surface area contributed by atoms with Gasteiger partial charge in [0.1, 0.15) is 6.61 Å². The SMILES string of the molecule is Cc1ccc(SCc2noc(COC3(C)CNC3)n2)cc1. The van der Waals surface area contributed by atoms with Crippen molar-refractivity contribution in [2.24, 2.45) is 0 Å². The van der Waals surface area contributed by atoms with E-state index in [4.69, 9.17) is 9.26 Å². The quantitative estimate of drug-likeness (QED) is 0.828. The van der Waals surface area contributed by atoms with Crippen molar-refractivity contribution in [1.29, 1.82) is 0 Å². The molecule has 1 aromatic heterocycles. The minimum Gasteiger partial charge on any atom is -0.363 e. The molecule has 0 aliphatic carbocycles. The maximum Gasteiger partial charge on any atom is 0.252 e. The van der Waals surface area contributed by atoms with Gasteiger partial charge in [0, 0.05) is 18.0 Å². The zero-order valence-corrected chi connectivity index (χ0v) is 13.1. The van der Waals surface area contributed by atoms with Gasteiger partial charge in [-0.05, 0) is 26.0 Å². The lowest BCUT2D eigenvalue weighted by Gasteiger charge is -2.38. The summed E-state index contributed by atoms with van der Waals surface area (Å²) in [4.78, 5) is 5.57. The molecule has 0 spiro atoms. The molecular weight excluding hydrogens is 286 g/mol. The number of thioether (sulfide) groups is 1. The Labute approximate surface area is 128 Å². The van der Waals surface area contributed by atoms with Crippen LogP contribution in [-0.4, -0.2) is 28.8 Å². The molecule has 0 amide bonds. The van der Waals surface area contributed by atoms with E-state index in [0.717, 1.165) is 13.1 Å². The third-order valence-corrected chi connectivity index (χ3v) is 4.45. The second-order valence-corrected chi connectivity index (χ2v) is 6.60. The van der Waals surface area contributed by atoms with Crippen molar-refractivity contribution in [3.63, 3.8) is 0 Å². The number of aromatic nitrogens is 2. The fourth-order valence-electron chi connectivity index (χ4n) is 2.00. The molecule has 1 aromatic carbocycles. The highest BCUT2D eigenvalue weighted by molar-refractivity contribution is 7.98. The topological polar surface area (TPSA) is 60.2 Å². The van der Waals surface area contributed by atoms with Crippen LogP contribution < -0.4 is 5.32 Å². The monoisotopic (exact) mass is 305 g/mol. The Kier molecular flexibility index (Phi) is 4.28. The summed E-state index contributed by atoms with van der Waals surface area (Å²) >= 11 is 1.70. The molecule has 6 heteroatoms. The summed E-state index contributed by atoms with van der Waals surface area (Å²) in [7, 11) is 0. The number of nitrogens with one attached hydrogen (secondary N) is 1. The van der Waals surface area contributed by atoms with Gasteiger partial charge >= 0.3 is 0 Å². The van der Waals surface area contributed by atoms with E-state index < -0.39 is 0 Å². The van der Waals surface area contributed by atoms with Crippen molar-refractivity contribution in [3.05, 3.63) is 41.5 Å². The Morgan fingerprint density at radius 3 is 2.76 bits per heavy atom. The van der Waals surface area contributed by atoms with Crippen molar-refractivity contribution in [2.45, 2.75) is 36.7 Å². The first kappa shape index (κ1) is 14.6. The zero-order chi connectivity index (χ0) is 14.7. The van der Waals surface area contributed by atoms with E-state index in [0.29, 0.717) is 24.1 Å². The lowest BCUT2D eigenvalue weighted by atomic mass is 10.0. The Bertz CT molecular complexity index is 593. The third kappa shape index (κ3) is 3.84. The first-order chi connectivity index (χ1) is 10.1. The Balaban J connectivity index is 1.49. The molecule has 1 aliphatic rings. The van der Waals surface area contributed by atoms with Crippen LogP contribution in [0.15, 0.2) is 33.7 Å². The van der Waals surface area contributed by atoms with E-state index in [2.05, 4.69) is 53.6 Å². The van der Waals surface area contributed by atoms with Gasteiger partial charge in [-0.3, -0.25) is 0 Å². The molecule has 0 bridgehead atoms. The van der Waals surface area contributed by atoms with Crippen LogP contribution in [0.25, 0.3) is 0 Å². The van der Waals surface area contributed by atoms with Crippen molar-refractivity contribution in [2.75, 3.05) is 13.1 Å². The molecule has 0 radical (unpaired) electrons. The first-order valence-corrected chi connectivity index (χ1v) is 7.97. The number of aryl methyl sites for hydroxylation is 1. The van der Waals surface area contributed by atoms with Crippen LogP contribution in [-0.2, 0) is 17.1 Å². The molecule has 2 heterocycles. The highest BCUT2D eigenvalue weighted by Gasteiger charge is 2.32. The van der Waals surface area contributed by atoms with Gasteiger partial charge in [0.05, 0.1) is 11.4 Å². The predicted octanol–water partition coefficient (Wildman–Crippen LogP) is 2.55. The average molecular weight is 305 g/mol. The van der Waals surface area contributed by atoms with Gasteiger partial charge in [0.15, 0.2) is 5.82 Å². The summed E-state index contributed by atoms with van der Waals surface area (Å²) in [6.07, 6.45) is 0. The molecule has 3 rings (SSSR count). The average Bonchev–Trinajstić information content (AvgIpc) is 2.90. The molecule has 0 atom stereocenters. The molecule has 112 valence electrons. The summed E-state index contributed by atoms with van der Waals surface area (Å²) in [6, 6.07) is 8.42. The maximum absolute atomic E-state index is 5.78. The second kappa shape index (κ2) is 6.17. The summed E-state index contributed by atoms with van der Waals surface area (Å²) in [6.45, 7) is 6.28. The molecule has 1 fully saturated rings. The molecule has 1 saturated heterocycles. The number of nitrogens with zero attached hydrogens (tertiary/aromatic N) is 2. The third-order valence-electron chi connectivity index (χ3n) is 3.44. The van der Waals surface area contributed by atoms with E-state index in [-0.39, 0.29) is 5.60 Å². The molecule has 2 aromatic rings. The van der Waals surface area contributed by atoms with Crippen LogP contribution in [0.3, 0.4) is 0 Å². The first-order valence-electron chi connectivity index (χ1n) is 6.99. The van der Waals surface area contributed by atoms with E-state index in [1.54, 1.807) is 11.8 Å². The molecule has 1 aliphatic heterocycles. The zero-order valence-electron chi connectivity index (χ0n) is 12.3. The summed E-state index contributed by atoms with van der Waals surface area (Å²) < 4.78 is 11.0. The van der Waals surface area contributed by atoms with Crippen molar-refractivity contribution in [1.82, 2.24) is 15.5 Å². The van der Waals surface area contributed by atoms with Gasteiger partial charge in [-0.2, -0.15) is 4.98 Å². The number of rotatable bonds is 6. The van der Waals surface area contributed by atoms with Gasteiger partial charge in [-0.1, -0.05) is 22.9 Å².